The van der Waals surface area contributed by atoms with Gasteiger partial charge in [-0.25, -0.2) is 9.59 Å². The minimum Gasteiger partial charge on any atom is -0.478 e. The number of carboxylic acid groups (broad SMARTS) is 2. The van der Waals surface area contributed by atoms with Crippen LogP contribution in [0, 0.1) is 0 Å². The van der Waals surface area contributed by atoms with Crippen molar-refractivity contribution in [3.8, 4) is 0 Å². The van der Waals surface area contributed by atoms with Gasteiger partial charge in [-0.2, -0.15) is 0 Å². The second-order valence-corrected chi connectivity index (χ2v) is 1.91. The van der Waals surface area contributed by atoms with Crippen LogP contribution >= 0.6 is 0 Å². The highest BCUT2D eigenvalue weighted by atomic mass is 16.4. The van der Waals surface area contributed by atoms with E-state index in [9.17, 15) is 14.4 Å². The maximum absolute atomic E-state index is 9.73. The molecule has 15 heavy (non-hydrogen) atoms. The molecule has 0 aliphatic carbocycles. The van der Waals surface area contributed by atoms with E-state index >= 15 is 0 Å². The number of carbonyl (C=O) groups is 3. The van der Waals surface area contributed by atoms with E-state index < -0.39 is 17.8 Å². The number of aliphatic carboxylic acids is 2. The van der Waals surface area contributed by atoms with E-state index in [0.717, 1.165) is 0 Å². The molecule has 0 aromatic heterocycles. The molecule has 6 N–H and O–H groups in total. The Morgan fingerprint density at radius 1 is 1.00 bits per heavy atom. The summed E-state index contributed by atoms with van der Waals surface area (Å²) >= 11 is 0. The van der Waals surface area contributed by atoms with Gasteiger partial charge in [-0.05, 0) is 13.0 Å². The van der Waals surface area contributed by atoms with Crippen LogP contribution in [0.1, 0.15) is 6.92 Å². The summed E-state index contributed by atoms with van der Waals surface area (Å²) < 4.78 is 0. The largest absolute Gasteiger partial charge is 0.478 e. The second-order valence-electron chi connectivity index (χ2n) is 1.91. The van der Waals surface area contributed by atoms with E-state index in [1.54, 1.807) is 13.0 Å². The van der Waals surface area contributed by atoms with Gasteiger partial charge in [0.2, 0.25) is 5.91 Å². The fourth-order valence-corrected chi connectivity index (χ4v) is 0.307. The van der Waals surface area contributed by atoms with Gasteiger partial charge >= 0.3 is 11.9 Å². The van der Waals surface area contributed by atoms with Crippen molar-refractivity contribution in [3.05, 3.63) is 24.3 Å². The molecule has 0 unspecified atom stereocenters. The fraction of sp³-hybridized carbons (Fsp3) is 0.125. The Morgan fingerprint density at radius 2 is 1.33 bits per heavy atom. The Bertz CT molecular complexity index is 252. The number of hydrogen-bond donors (Lipinski definition) is 3. The van der Waals surface area contributed by atoms with E-state index in [1.165, 1.54) is 6.08 Å². The molecule has 0 fully saturated rings. The average Bonchev–Trinajstić information content (AvgIpc) is 2.01. The van der Waals surface area contributed by atoms with Crippen LogP contribution in [0.25, 0.3) is 0 Å². The molecule has 0 aromatic carbocycles. The van der Waals surface area contributed by atoms with Crippen LogP contribution in [0.4, 0.5) is 0 Å². The first-order valence-electron chi connectivity index (χ1n) is 3.46. The van der Waals surface area contributed by atoms with E-state index in [2.05, 4.69) is 5.73 Å². The van der Waals surface area contributed by atoms with Gasteiger partial charge in [0.1, 0.15) is 0 Å². The van der Waals surface area contributed by atoms with E-state index in [-0.39, 0.29) is 5.48 Å². The summed E-state index contributed by atoms with van der Waals surface area (Å²) in [6.07, 6.45) is 4.02. The predicted octanol–water partition coefficient (Wildman–Crippen LogP) is -1.07. The maximum Gasteiger partial charge on any atom is 0.328 e. The zero-order chi connectivity index (χ0) is 11.6. The minimum absolute atomic E-state index is 0. The molecule has 86 valence electrons. The van der Waals surface area contributed by atoms with Crippen molar-refractivity contribution < 1.29 is 30.1 Å². The summed E-state index contributed by atoms with van der Waals surface area (Å²) in [5, 5.41) is 15.6. The number of carbonyl (C=O) groups excluding carboxylic acids is 1. The summed E-state index contributed by atoms with van der Waals surface area (Å²) in [4.78, 5) is 28.8. The highest BCUT2D eigenvalue weighted by molar-refractivity contribution is 5.89. The SMILES string of the molecule is CC=CC(N)=O.O.O=C(O)/C=C\C(=O)O. The number of rotatable bonds is 3. The first kappa shape index (κ1) is 18.6. The number of allylic oxidation sites excluding steroid dienone is 1. The second kappa shape index (κ2) is 11.8. The molecule has 0 radical (unpaired) electrons. The fourth-order valence-electron chi connectivity index (χ4n) is 0.307. The molecule has 0 aromatic rings. The molecule has 0 heterocycles. The Morgan fingerprint density at radius 3 is 1.40 bits per heavy atom. The molecule has 0 spiro atoms. The smallest absolute Gasteiger partial charge is 0.328 e. The van der Waals surface area contributed by atoms with Crippen LogP contribution in [0.5, 0.6) is 0 Å². The van der Waals surface area contributed by atoms with Gasteiger partial charge in [0, 0.05) is 12.2 Å². The number of amides is 1. The van der Waals surface area contributed by atoms with Crippen LogP contribution in [0.15, 0.2) is 24.3 Å². The van der Waals surface area contributed by atoms with Crippen LogP contribution in [-0.2, 0) is 14.4 Å². The first-order chi connectivity index (χ1) is 6.40. The molecule has 0 bridgehead atoms. The van der Waals surface area contributed by atoms with Gasteiger partial charge in [-0.3, -0.25) is 4.79 Å². The summed E-state index contributed by atoms with van der Waals surface area (Å²) in [5.41, 5.74) is 4.68. The third-order valence-electron chi connectivity index (χ3n) is 0.699. The summed E-state index contributed by atoms with van der Waals surface area (Å²) in [6.45, 7) is 1.74. The zero-order valence-electron chi connectivity index (χ0n) is 8.01. The van der Waals surface area contributed by atoms with Crippen molar-refractivity contribution in [3.63, 3.8) is 0 Å². The highest BCUT2D eigenvalue weighted by Gasteiger charge is 1.88. The molecule has 0 aliphatic heterocycles. The number of carboxylic acids is 2. The zero-order valence-corrected chi connectivity index (χ0v) is 8.01. The standard InChI is InChI=1S/C4H7NO.C4H4O4.H2O/c1-2-3-4(5)6;5-3(6)1-2-4(7)8;/h2-3H,1H3,(H2,5,6);1-2H,(H,5,6)(H,7,8);1H2/b;2-1-;. The van der Waals surface area contributed by atoms with Gasteiger partial charge in [-0.15, -0.1) is 0 Å². The third-order valence-corrected chi connectivity index (χ3v) is 0.699. The Hall–Kier alpha value is -2.15. The Labute approximate surface area is 85.8 Å². The Kier molecular flexibility index (Phi) is 14.7. The van der Waals surface area contributed by atoms with Crippen LogP contribution in [0.2, 0.25) is 0 Å². The minimum atomic E-state index is -1.26. The molecular weight excluding hydrogens is 206 g/mol. The molecule has 1 amide bonds. The molecule has 7 heteroatoms. The molecular formula is C8H13NO6. The van der Waals surface area contributed by atoms with Crippen molar-refractivity contribution in [2.45, 2.75) is 6.92 Å². The molecule has 7 nitrogen and oxygen atoms in total. The van der Waals surface area contributed by atoms with E-state index in [4.69, 9.17) is 10.2 Å². The van der Waals surface area contributed by atoms with Gasteiger partial charge in [0.25, 0.3) is 0 Å². The lowest BCUT2D eigenvalue weighted by atomic mass is 10.5. The summed E-state index contributed by atoms with van der Waals surface area (Å²) in [7, 11) is 0. The normalized spacial score (nSPS) is 8.87. The lowest BCUT2D eigenvalue weighted by molar-refractivity contribution is -0.134. The van der Waals surface area contributed by atoms with Gasteiger partial charge in [0.15, 0.2) is 0 Å². The average molecular weight is 219 g/mol. The number of primary amides is 1. The van der Waals surface area contributed by atoms with E-state index in [1.807, 2.05) is 0 Å². The maximum atomic E-state index is 9.73. The molecule has 0 atom stereocenters. The van der Waals surface area contributed by atoms with Gasteiger partial charge in [0.05, 0.1) is 0 Å². The third kappa shape index (κ3) is 33.6. The molecule has 0 saturated carbocycles. The van der Waals surface area contributed by atoms with Crippen LogP contribution < -0.4 is 5.73 Å². The van der Waals surface area contributed by atoms with Crippen LogP contribution in [-0.4, -0.2) is 33.5 Å². The summed E-state index contributed by atoms with van der Waals surface area (Å²) in [5.74, 6) is -2.91. The molecule has 0 saturated heterocycles. The summed E-state index contributed by atoms with van der Waals surface area (Å²) in [6, 6.07) is 0. The first-order valence-corrected chi connectivity index (χ1v) is 3.46. The van der Waals surface area contributed by atoms with Crippen LogP contribution in [0.3, 0.4) is 0 Å². The topological polar surface area (TPSA) is 149 Å². The monoisotopic (exact) mass is 219 g/mol. The van der Waals surface area contributed by atoms with Crippen molar-refractivity contribution in [1.82, 2.24) is 0 Å². The van der Waals surface area contributed by atoms with Crippen molar-refractivity contribution in [1.29, 1.82) is 0 Å². The number of nitrogens with two attached hydrogens (primary N) is 1. The number of hydrogen-bond acceptors (Lipinski definition) is 3. The van der Waals surface area contributed by atoms with Gasteiger partial charge < -0.3 is 21.4 Å². The van der Waals surface area contributed by atoms with Crippen molar-refractivity contribution in [2.24, 2.45) is 5.73 Å². The molecule has 0 rings (SSSR count). The lowest BCUT2D eigenvalue weighted by Crippen LogP contribution is -2.04. The lowest BCUT2D eigenvalue weighted by Gasteiger charge is -1.74. The van der Waals surface area contributed by atoms with Crippen molar-refractivity contribution >= 4 is 17.8 Å². The predicted molar refractivity (Wildman–Crippen MR) is 52.0 cm³/mol. The molecule has 0 aliphatic rings. The van der Waals surface area contributed by atoms with E-state index in [0.29, 0.717) is 12.2 Å². The quantitative estimate of drug-likeness (QED) is 0.517. The van der Waals surface area contributed by atoms with Gasteiger partial charge in [-0.1, -0.05) is 6.08 Å². The Balaban J connectivity index is -0.000000187. The van der Waals surface area contributed by atoms with Crippen molar-refractivity contribution in [2.75, 3.05) is 0 Å². The highest BCUT2D eigenvalue weighted by Crippen LogP contribution is 1.70.